The number of anilines is 1. The highest BCUT2D eigenvalue weighted by Crippen LogP contribution is 2.16. The first-order valence-corrected chi connectivity index (χ1v) is 8.00. The van der Waals surface area contributed by atoms with E-state index in [0.29, 0.717) is 5.69 Å². The van der Waals surface area contributed by atoms with E-state index >= 15 is 0 Å². The minimum Gasteiger partial charge on any atom is -0.320 e. The van der Waals surface area contributed by atoms with Crippen molar-refractivity contribution in [1.29, 1.82) is 0 Å². The second-order valence-corrected chi connectivity index (χ2v) is 6.08. The smallest absolute Gasteiger partial charge is 0.280 e. The zero-order valence-corrected chi connectivity index (χ0v) is 14.4. The molecule has 0 saturated heterocycles. The monoisotopic (exact) mass is 333 g/mol. The van der Waals surface area contributed by atoms with Crippen molar-refractivity contribution < 1.29 is 4.79 Å². The molecule has 5 nitrogen and oxygen atoms in total. The van der Waals surface area contributed by atoms with Crippen LogP contribution in [-0.2, 0) is 0 Å². The molecule has 25 heavy (non-hydrogen) atoms. The Morgan fingerprint density at radius 3 is 2.48 bits per heavy atom. The van der Waals surface area contributed by atoms with Crippen LogP contribution in [0.5, 0.6) is 0 Å². The predicted molar refractivity (Wildman–Crippen MR) is 98.4 cm³/mol. The third kappa shape index (κ3) is 3.66. The van der Waals surface area contributed by atoms with Crippen molar-refractivity contribution in [3.8, 4) is 5.69 Å². The van der Waals surface area contributed by atoms with Gasteiger partial charge in [-0.25, -0.2) is 4.68 Å². The van der Waals surface area contributed by atoms with Gasteiger partial charge in [0.25, 0.3) is 5.91 Å². The van der Waals surface area contributed by atoms with Crippen molar-refractivity contribution in [3.05, 3.63) is 87.3 Å². The maximum absolute atomic E-state index is 12.5. The van der Waals surface area contributed by atoms with Crippen LogP contribution < -0.4 is 10.7 Å². The highest BCUT2D eigenvalue weighted by Gasteiger charge is 2.14. The Balaban J connectivity index is 1.95. The molecule has 0 fully saturated rings. The normalized spacial score (nSPS) is 10.5. The van der Waals surface area contributed by atoms with E-state index in [9.17, 15) is 9.59 Å². The van der Waals surface area contributed by atoms with E-state index in [2.05, 4.69) is 10.4 Å². The standard InChI is InChI=1S/C20H19N3O2/c1-13-5-4-6-16(12-13)23-10-9-18(24)19(22-23)20(25)21-17-8-7-14(2)11-15(17)3/h4-12H,1-3H3,(H,21,25). The van der Waals surface area contributed by atoms with E-state index in [-0.39, 0.29) is 5.69 Å². The maximum atomic E-state index is 12.5. The van der Waals surface area contributed by atoms with Crippen LogP contribution in [0, 0.1) is 20.8 Å². The summed E-state index contributed by atoms with van der Waals surface area (Å²) >= 11 is 0. The van der Waals surface area contributed by atoms with E-state index < -0.39 is 11.3 Å². The fraction of sp³-hybridized carbons (Fsp3) is 0.150. The molecule has 0 atom stereocenters. The lowest BCUT2D eigenvalue weighted by atomic mass is 10.1. The van der Waals surface area contributed by atoms with Gasteiger partial charge in [0.2, 0.25) is 5.43 Å². The van der Waals surface area contributed by atoms with Crippen LogP contribution >= 0.6 is 0 Å². The lowest BCUT2D eigenvalue weighted by Crippen LogP contribution is -2.25. The minimum atomic E-state index is -0.515. The van der Waals surface area contributed by atoms with E-state index in [0.717, 1.165) is 22.4 Å². The molecule has 1 aromatic heterocycles. The van der Waals surface area contributed by atoms with Crippen molar-refractivity contribution in [2.45, 2.75) is 20.8 Å². The Morgan fingerprint density at radius 1 is 1.00 bits per heavy atom. The van der Waals surface area contributed by atoms with E-state index in [1.54, 1.807) is 6.20 Å². The molecule has 0 unspecified atom stereocenters. The number of carbonyl (C=O) groups excluding carboxylic acids is 1. The van der Waals surface area contributed by atoms with Crippen LogP contribution in [0.2, 0.25) is 0 Å². The lowest BCUT2D eigenvalue weighted by molar-refractivity contribution is 0.101. The Morgan fingerprint density at radius 2 is 1.76 bits per heavy atom. The van der Waals surface area contributed by atoms with Gasteiger partial charge in [-0.2, -0.15) is 5.10 Å². The van der Waals surface area contributed by atoms with Gasteiger partial charge in [-0.3, -0.25) is 9.59 Å². The minimum absolute atomic E-state index is 0.135. The third-order valence-electron chi connectivity index (χ3n) is 3.92. The van der Waals surface area contributed by atoms with Crippen LogP contribution in [0.25, 0.3) is 5.69 Å². The average molecular weight is 333 g/mol. The summed E-state index contributed by atoms with van der Waals surface area (Å²) in [7, 11) is 0. The molecule has 0 saturated carbocycles. The lowest BCUT2D eigenvalue weighted by Gasteiger charge is -2.10. The molecule has 1 amide bonds. The zero-order chi connectivity index (χ0) is 18.0. The average Bonchev–Trinajstić information content (AvgIpc) is 2.57. The second-order valence-electron chi connectivity index (χ2n) is 6.08. The van der Waals surface area contributed by atoms with Gasteiger partial charge in [0.05, 0.1) is 5.69 Å². The molecule has 5 heteroatoms. The summed E-state index contributed by atoms with van der Waals surface area (Å²) in [6.07, 6.45) is 1.56. The topological polar surface area (TPSA) is 64.0 Å². The van der Waals surface area contributed by atoms with E-state index in [1.165, 1.54) is 10.7 Å². The highest BCUT2D eigenvalue weighted by molar-refractivity contribution is 6.03. The summed E-state index contributed by atoms with van der Waals surface area (Å²) in [6.45, 7) is 5.86. The Labute approximate surface area is 145 Å². The Hall–Kier alpha value is -3.21. The largest absolute Gasteiger partial charge is 0.320 e. The molecule has 0 aliphatic carbocycles. The van der Waals surface area contributed by atoms with Crippen LogP contribution in [0.4, 0.5) is 5.69 Å². The molecule has 1 heterocycles. The summed E-state index contributed by atoms with van der Waals surface area (Å²) < 4.78 is 1.53. The van der Waals surface area contributed by atoms with Gasteiger partial charge in [-0.15, -0.1) is 0 Å². The number of nitrogens with one attached hydrogen (secondary N) is 1. The number of nitrogens with zero attached hydrogens (tertiary/aromatic N) is 2. The fourth-order valence-corrected chi connectivity index (χ4v) is 2.61. The van der Waals surface area contributed by atoms with Crippen LogP contribution in [0.1, 0.15) is 27.2 Å². The fourth-order valence-electron chi connectivity index (χ4n) is 2.61. The number of carbonyl (C=O) groups is 1. The van der Waals surface area contributed by atoms with Crippen molar-refractivity contribution >= 4 is 11.6 Å². The number of hydrogen-bond acceptors (Lipinski definition) is 3. The van der Waals surface area contributed by atoms with Gasteiger partial charge in [0, 0.05) is 18.0 Å². The first-order valence-electron chi connectivity index (χ1n) is 8.00. The summed E-state index contributed by atoms with van der Waals surface area (Å²) in [5.41, 5.74) is 4.02. The van der Waals surface area contributed by atoms with Crippen LogP contribution in [-0.4, -0.2) is 15.7 Å². The van der Waals surface area contributed by atoms with Crippen LogP contribution in [0.15, 0.2) is 59.5 Å². The van der Waals surface area contributed by atoms with Crippen molar-refractivity contribution in [3.63, 3.8) is 0 Å². The van der Waals surface area contributed by atoms with Gasteiger partial charge in [-0.1, -0.05) is 29.8 Å². The summed E-state index contributed by atoms with van der Waals surface area (Å²) in [6, 6.07) is 14.7. The highest BCUT2D eigenvalue weighted by atomic mass is 16.2. The van der Waals surface area contributed by atoms with Gasteiger partial charge in [0.15, 0.2) is 5.69 Å². The number of rotatable bonds is 3. The number of amides is 1. The number of aryl methyl sites for hydroxylation is 3. The second kappa shape index (κ2) is 6.73. The molecule has 0 aliphatic rings. The van der Waals surface area contributed by atoms with Gasteiger partial charge in [0.1, 0.15) is 0 Å². The molecular weight excluding hydrogens is 314 g/mol. The summed E-state index contributed by atoms with van der Waals surface area (Å²) in [5.74, 6) is -0.515. The zero-order valence-electron chi connectivity index (χ0n) is 14.4. The summed E-state index contributed by atoms with van der Waals surface area (Å²) in [5, 5.41) is 6.99. The number of aromatic nitrogens is 2. The Bertz CT molecular complexity index is 1010. The first-order chi connectivity index (χ1) is 11.9. The van der Waals surface area contributed by atoms with Crippen molar-refractivity contribution in [2.75, 3.05) is 5.32 Å². The molecule has 126 valence electrons. The predicted octanol–water partition coefficient (Wildman–Crippen LogP) is 3.41. The number of benzene rings is 2. The number of hydrogen-bond donors (Lipinski definition) is 1. The van der Waals surface area contributed by atoms with Gasteiger partial charge >= 0.3 is 0 Å². The quantitative estimate of drug-likeness (QED) is 0.799. The molecule has 2 aromatic carbocycles. The molecule has 1 N–H and O–H groups in total. The van der Waals surface area contributed by atoms with Crippen molar-refractivity contribution in [2.24, 2.45) is 0 Å². The summed E-state index contributed by atoms with van der Waals surface area (Å²) in [4.78, 5) is 24.6. The molecule has 0 bridgehead atoms. The molecule has 0 radical (unpaired) electrons. The third-order valence-corrected chi connectivity index (χ3v) is 3.92. The van der Waals surface area contributed by atoms with Crippen LogP contribution in [0.3, 0.4) is 0 Å². The maximum Gasteiger partial charge on any atom is 0.280 e. The van der Waals surface area contributed by atoms with E-state index in [1.807, 2.05) is 63.2 Å². The molecule has 3 aromatic rings. The van der Waals surface area contributed by atoms with E-state index in [4.69, 9.17) is 0 Å². The molecule has 3 rings (SSSR count). The first kappa shape index (κ1) is 16.6. The molecular formula is C20H19N3O2. The Kier molecular flexibility index (Phi) is 4.48. The SMILES string of the molecule is Cc1cccc(-n2ccc(=O)c(C(=O)Nc3ccc(C)cc3C)n2)c1. The van der Waals surface area contributed by atoms with Gasteiger partial charge < -0.3 is 5.32 Å². The molecule has 0 aliphatic heterocycles. The molecule has 0 spiro atoms. The van der Waals surface area contributed by atoms with Crippen molar-refractivity contribution in [1.82, 2.24) is 9.78 Å². The van der Waals surface area contributed by atoms with Gasteiger partial charge in [-0.05, 0) is 50.1 Å².